The van der Waals surface area contributed by atoms with Crippen molar-refractivity contribution in [3.63, 3.8) is 0 Å². The molecule has 0 unspecified atom stereocenters. The Morgan fingerprint density at radius 3 is 2.59 bits per heavy atom. The highest BCUT2D eigenvalue weighted by Crippen LogP contribution is 2.33. The number of pyridine rings is 1. The number of methoxy groups -OCH3 is 1. The highest BCUT2D eigenvalue weighted by atomic mass is 16.5. The molecule has 4 rings (SSSR count). The molecule has 136 valence electrons. The number of nitrogens with zero attached hydrogens (tertiary/aromatic N) is 2. The molecule has 0 spiro atoms. The monoisotopic (exact) mass is 360 g/mol. The number of hydrogen-bond acceptors (Lipinski definition) is 3. The predicted molar refractivity (Wildman–Crippen MR) is 106 cm³/mol. The zero-order chi connectivity index (χ0) is 19.0. The minimum atomic E-state index is -1.01. The largest absolute Gasteiger partial charge is 0.496 e. The fourth-order valence-electron chi connectivity index (χ4n) is 3.68. The first kappa shape index (κ1) is 17.1. The lowest BCUT2D eigenvalue weighted by atomic mass is 10.1. The van der Waals surface area contributed by atoms with Crippen LogP contribution < -0.4 is 4.74 Å². The van der Waals surface area contributed by atoms with Gasteiger partial charge in [0.1, 0.15) is 11.4 Å². The lowest BCUT2D eigenvalue weighted by Crippen LogP contribution is -2.07. The summed E-state index contributed by atoms with van der Waals surface area (Å²) in [6.45, 7) is 2.62. The van der Waals surface area contributed by atoms with Crippen LogP contribution in [0.5, 0.6) is 5.75 Å². The van der Waals surface area contributed by atoms with E-state index in [1.54, 1.807) is 13.2 Å². The Bertz CT molecular complexity index is 1160. The molecule has 4 aromatic rings. The number of para-hydroxylation sites is 2. The van der Waals surface area contributed by atoms with Gasteiger partial charge >= 0.3 is 5.97 Å². The number of carboxylic acid groups (broad SMARTS) is 1. The zero-order valence-corrected chi connectivity index (χ0v) is 15.3. The van der Waals surface area contributed by atoms with Crippen molar-refractivity contribution in [2.75, 3.05) is 7.11 Å². The molecule has 0 aliphatic carbocycles. The van der Waals surface area contributed by atoms with Crippen LogP contribution in [-0.4, -0.2) is 27.7 Å². The standard InChI is InChI=1S/C22H20N2O3/c1-3-17-21-16(12-18(23-17)22(25)26)15-9-5-6-10-19(15)24(21)13-14-8-4-7-11-20(14)27-2/h4-12H,3,13H2,1-2H3,(H,25,26). The van der Waals surface area contributed by atoms with Gasteiger partial charge in [-0.15, -0.1) is 0 Å². The molecule has 5 heteroatoms. The van der Waals surface area contributed by atoms with Crippen LogP contribution in [0.1, 0.15) is 28.7 Å². The summed E-state index contributed by atoms with van der Waals surface area (Å²) in [6, 6.07) is 17.7. The van der Waals surface area contributed by atoms with E-state index in [-0.39, 0.29) is 5.69 Å². The summed E-state index contributed by atoms with van der Waals surface area (Å²) in [4.78, 5) is 16.0. The van der Waals surface area contributed by atoms with Crippen molar-refractivity contribution in [3.8, 4) is 5.75 Å². The first-order valence-electron chi connectivity index (χ1n) is 8.90. The topological polar surface area (TPSA) is 64.3 Å². The lowest BCUT2D eigenvalue weighted by molar-refractivity contribution is 0.0690. The average Bonchev–Trinajstić information content (AvgIpc) is 3.01. The van der Waals surface area contributed by atoms with Crippen molar-refractivity contribution >= 4 is 27.8 Å². The third-order valence-electron chi connectivity index (χ3n) is 4.89. The van der Waals surface area contributed by atoms with E-state index in [2.05, 4.69) is 15.6 Å². The average molecular weight is 360 g/mol. The van der Waals surface area contributed by atoms with Crippen LogP contribution in [0.3, 0.4) is 0 Å². The Labute approximate surface area is 156 Å². The Morgan fingerprint density at radius 2 is 1.85 bits per heavy atom. The number of aryl methyl sites for hydroxylation is 1. The fourth-order valence-corrected chi connectivity index (χ4v) is 3.68. The van der Waals surface area contributed by atoms with Crippen LogP contribution in [0.15, 0.2) is 54.6 Å². The van der Waals surface area contributed by atoms with Gasteiger partial charge in [0, 0.05) is 21.9 Å². The third kappa shape index (κ3) is 2.81. The second-order valence-electron chi connectivity index (χ2n) is 6.42. The van der Waals surface area contributed by atoms with Gasteiger partial charge in [0.2, 0.25) is 0 Å². The molecule has 0 bridgehead atoms. The molecule has 0 saturated carbocycles. The third-order valence-corrected chi connectivity index (χ3v) is 4.89. The van der Waals surface area contributed by atoms with E-state index in [0.29, 0.717) is 13.0 Å². The van der Waals surface area contributed by atoms with Crippen LogP contribution in [0.2, 0.25) is 0 Å². The molecule has 5 nitrogen and oxygen atoms in total. The summed E-state index contributed by atoms with van der Waals surface area (Å²) in [7, 11) is 1.67. The maximum Gasteiger partial charge on any atom is 0.354 e. The maximum atomic E-state index is 11.5. The zero-order valence-electron chi connectivity index (χ0n) is 15.3. The smallest absolute Gasteiger partial charge is 0.354 e. The van der Waals surface area contributed by atoms with Gasteiger partial charge in [0.15, 0.2) is 0 Å². The van der Waals surface area contributed by atoms with Gasteiger partial charge in [-0.2, -0.15) is 0 Å². The van der Waals surface area contributed by atoms with Gasteiger partial charge < -0.3 is 14.4 Å². The number of fused-ring (bicyclic) bond motifs is 3. The highest BCUT2D eigenvalue weighted by Gasteiger charge is 2.18. The Hall–Kier alpha value is -3.34. The van der Waals surface area contributed by atoms with E-state index >= 15 is 0 Å². The number of rotatable bonds is 5. The number of ether oxygens (including phenoxy) is 1. The molecule has 0 fully saturated rings. The summed E-state index contributed by atoms with van der Waals surface area (Å²) in [6.07, 6.45) is 0.653. The van der Waals surface area contributed by atoms with Crippen molar-refractivity contribution in [3.05, 3.63) is 71.5 Å². The molecule has 27 heavy (non-hydrogen) atoms. The quantitative estimate of drug-likeness (QED) is 0.569. The molecule has 0 aliphatic rings. The van der Waals surface area contributed by atoms with E-state index in [0.717, 1.165) is 38.8 Å². The summed E-state index contributed by atoms with van der Waals surface area (Å²) < 4.78 is 7.73. The van der Waals surface area contributed by atoms with Crippen LogP contribution >= 0.6 is 0 Å². The van der Waals surface area contributed by atoms with Crippen molar-refractivity contribution in [2.24, 2.45) is 0 Å². The Kier molecular flexibility index (Phi) is 4.28. The van der Waals surface area contributed by atoms with Crippen molar-refractivity contribution in [1.82, 2.24) is 9.55 Å². The van der Waals surface area contributed by atoms with Gasteiger partial charge in [-0.1, -0.05) is 43.3 Å². The van der Waals surface area contributed by atoms with E-state index < -0.39 is 5.97 Å². The van der Waals surface area contributed by atoms with Gasteiger partial charge in [-0.05, 0) is 24.6 Å². The number of carbonyl (C=O) groups is 1. The van der Waals surface area contributed by atoms with E-state index in [1.807, 2.05) is 49.4 Å². The molecule has 2 heterocycles. The number of benzene rings is 2. The van der Waals surface area contributed by atoms with Gasteiger partial charge in [0.05, 0.1) is 24.9 Å². The SMILES string of the molecule is CCc1nc(C(=O)O)cc2c3ccccc3n(Cc3ccccc3OC)c12. The summed E-state index contributed by atoms with van der Waals surface area (Å²) in [5, 5.41) is 11.4. The molecule has 2 aromatic carbocycles. The van der Waals surface area contributed by atoms with Crippen LogP contribution in [-0.2, 0) is 13.0 Å². The van der Waals surface area contributed by atoms with E-state index in [9.17, 15) is 9.90 Å². The lowest BCUT2D eigenvalue weighted by Gasteiger charge is -2.13. The molecule has 2 aromatic heterocycles. The number of carboxylic acids is 1. The second kappa shape index (κ2) is 6.76. The minimum absolute atomic E-state index is 0.0829. The van der Waals surface area contributed by atoms with Crippen LogP contribution in [0.4, 0.5) is 0 Å². The van der Waals surface area contributed by atoms with Gasteiger partial charge in [0.25, 0.3) is 0 Å². The molecule has 0 saturated heterocycles. The summed E-state index contributed by atoms with van der Waals surface area (Å²) >= 11 is 0. The first-order valence-corrected chi connectivity index (χ1v) is 8.90. The second-order valence-corrected chi connectivity index (χ2v) is 6.42. The minimum Gasteiger partial charge on any atom is -0.496 e. The highest BCUT2D eigenvalue weighted by molar-refractivity contribution is 6.10. The Balaban J connectivity index is 2.05. The molecular formula is C22H20N2O3. The van der Waals surface area contributed by atoms with E-state index in [4.69, 9.17) is 4.74 Å². The van der Waals surface area contributed by atoms with Gasteiger partial charge in [-0.3, -0.25) is 0 Å². The summed E-state index contributed by atoms with van der Waals surface area (Å²) in [5.41, 5.74) is 3.97. The molecule has 0 atom stereocenters. The van der Waals surface area contributed by atoms with Crippen molar-refractivity contribution < 1.29 is 14.6 Å². The van der Waals surface area contributed by atoms with E-state index in [1.165, 1.54) is 0 Å². The summed E-state index contributed by atoms with van der Waals surface area (Å²) in [5.74, 6) is -0.176. The number of hydrogen-bond donors (Lipinski definition) is 1. The molecule has 0 amide bonds. The van der Waals surface area contributed by atoms with Crippen LogP contribution in [0.25, 0.3) is 21.8 Å². The van der Waals surface area contributed by atoms with Crippen molar-refractivity contribution in [2.45, 2.75) is 19.9 Å². The molecule has 1 N–H and O–H groups in total. The number of aromatic nitrogens is 2. The predicted octanol–water partition coefficient (Wildman–Crippen LogP) is 4.51. The number of aromatic carboxylic acids is 1. The van der Waals surface area contributed by atoms with Crippen molar-refractivity contribution in [1.29, 1.82) is 0 Å². The van der Waals surface area contributed by atoms with Gasteiger partial charge in [-0.25, -0.2) is 9.78 Å². The molecule has 0 aliphatic heterocycles. The maximum absolute atomic E-state index is 11.5. The molecule has 0 radical (unpaired) electrons. The van der Waals surface area contributed by atoms with Crippen LogP contribution in [0, 0.1) is 0 Å². The Morgan fingerprint density at radius 1 is 1.11 bits per heavy atom. The molecular weight excluding hydrogens is 340 g/mol. The first-order chi connectivity index (χ1) is 13.1. The fraction of sp³-hybridized carbons (Fsp3) is 0.182. The normalized spacial score (nSPS) is 11.2.